The first-order valence-corrected chi connectivity index (χ1v) is 9.94. The number of carbonyl (C=O) groups is 1. The molecule has 0 spiro atoms. The molecule has 1 aliphatic heterocycles. The molecule has 0 atom stereocenters. The Hall–Kier alpha value is -2.53. The van der Waals surface area contributed by atoms with Gasteiger partial charge in [0, 0.05) is 39.1 Å². The molecule has 150 valence electrons. The van der Waals surface area contributed by atoms with Crippen molar-refractivity contribution in [2.75, 3.05) is 46.9 Å². The van der Waals surface area contributed by atoms with Crippen LogP contribution in [0.3, 0.4) is 0 Å². The summed E-state index contributed by atoms with van der Waals surface area (Å²) in [5.41, 5.74) is 2.46. The molecule has 0 saturated carbocycles. The monoisotopic (exact) mass is 382 g/mol. The van der Waals surface area contributed by atoms with Crippen LogP contribution in [-0.4, -0.2) is 62.7 Å². The topological polar surface area (TPSA) is 42.0 Å². The fourth-order valence-electron chi connectivity index (χ4n) is 3.60. The van der Waals surface area contributed by atoms with Gasteiger partial charge < -0.3 is 14.4 Å². The summed E-state index contributed by atoms with van der Waals surface area (Å²) < 4.78 is 10.7. The Kier molecular flexibility index (Phi) is 7.31. The van der Waals surface area contributed by atoms with E-state index in [0.29, 0.717) is 6.42 Å². The molecule has 5 nitrogen and oxygen atoms in total. The largest absolute Gasteiger partial charge is 0.493 e. The Bertz CT molecular complexity index is 756. The van der Waals surface area contributed by atoms with Gasteiger partial charge in [0.1, 0.15) is 0 Å². The quantitative estimate of drug-likeness (QED) is 0.704. The maximum absolute atomic E-state index is 12.5. The lowest BCUT2D eigenvalue weighted by Gasteiger charge is -2.34. The molecular formula is C23H30N2O3. The van der Waals surface area contributed by atoms with Crippen LogP contribution in [0, 0.1) is 0 Å². The second-order valence-electron chi connectivity index (χ2n) is 7.15. The van der Waals surface area contributed by atoms with E-state index in [1.807, 2.05) is 35.2 Å². The standard InChI is InChI=1S/C23H30N2O3/c1-27-21-10-8-20(18-22(21)28-2)12-13-24-14-16-25(17-15-24)23(26)11-9-19-6-4-3-5-7-19/h3-8,10,18H,9,11-17H2,1-2H3. The number of benzene rings is 2. The Balaban J connectivity index is 1.41. The van der Waals surface area contributed by atoms with Gasteiger partial charge in [0.25, 0.3) is 0 Å². The second-order valence-corrected chi connectivity index (χ2v) is 7.15. The highest BCUT2D eigenvalue weighted by Crippen LogP contribution is 2.27. The van der Waals surface area contributed by atoms with Gasteiger partial charge in [-0.15, -0.1) is 0 Å². The third-order valence-corrected chi connectivity index (χ3v) is 5.36. The van der Waals surface area contributed by atoms with E-state index in [1.54, 1.807) is 14.2 Å². The number of hydrogen-bond donors (Lipinski definition) is 0. The summed E-state index contributed by atoms with van der Waals surface area (Å²) in [6, 6.07) is 16.3. The number of nitrogens with zero attached hydrogens (tertiary/aromatic N) is 2. The van der Waals surface area contributed by atoms with Crippen LogP contribution in [0.5, 0.6) is 11.5 Å². The zero-order valence-corrected chi connectivity index (χ0v) is 16.9. The molecule has 3 rings (SSSR count). The zero-order valence-electron chi connectivity index (χ0n) is 16.9. The molecule has 1 fully saturated rings. The minimum absolute atomic E-state index is 0.267. The van der Waals surface area contributed by atoms with E-state index in [1.165, 1.54) is 11.1 Å². The molecule has 0 unspecified atom stereocenters. The molecule has 2 aromatic rings. The molecule has 0 aliphatic carbocycles. The van der Waals surface area contributed by atoms with Crippen molar-refractivity contribution in [2.45, 2.75) is 19.3 Å². The number of carbonyl (C=O) groups excluding carboxylic acids is 1. The van der Waals surface area contributed by atoms with E-state index in [4.69, 9.17) is 9.47 Å². The van der Waals surface area contributed by atoms with Gasteiger partial charge in [-0.05, 0) is 36.1 Å². The summed E-state index contributed by atoms with van der Waals surface area (Å²) in [5.74, 6) is 1.80. The van der Waals surface area contributed by atoms with Crippen molar-refractivity contribution in [3.63, 3.8) is 0 Å². The van der Waals surface area contributed by atoms with Gasteiger partial charge in [-0.2, -0.15) is 0 Å². The number of rotatable bonds is 8. The SMILES string of the molecule is COc1ccc(CCN2CCN(C(=O)CCc3ccccc3)CC2)cc1OC. The summed E-state index contributed by atoms with van der Waals surface area (Å²) in [6.07, 6.45) is 2.37. The van der Waals surface area contributed by atoms with E-state index >= 15 is 0 Å². The van der Waals surface area contributed by atoms with Crippen molar-refractivity contribution in [1.82, 2.24) is 9.80 Å². The summed E-state index contributed by atoms with van der Waals surface area (Å²) in [4.78, 5) is 16.9. The molecule has 1 aliphatic rings. The minimum Gasteiger partial charge on any atom is -0.493 e. The third-order valence-electron chi connectivity index (χ3n) is 5.36. The lowest BCUT2D eigenvalue weighted by atomic mass is 10.1. The van der Waals surface area contributed by atoms with Crippen molar-refractivity contribution in [3.8, 4) is 11.5 Å². The smallest absolute Gasteiger partial charge is 0.222 e. The summed E-state index contributed by atoms with van der Waals surface area (Å²) in [7, 11) is 3.31. The average molecular weight is 383 g/mol. The van der Waals surface area contributed by atoms with E-state index < -0.39 is 0 Å². The van der Waals surface area contributed by atoms with Gasteiger partial charge in [-0.3, -0.25) is 9.69 Å². The molecule has 0 bridgehead atoms. The highest BCUT2D eigenvalue weighted by molar-refractivity contribution is 5.76. The summed E-state index contributed by atoms with van der Waals surface area (Å²) >= 11 is 0. The van der Waals surface area contributed by atoms with Gasteiger partial charge in [-0.25, -0.2) is 0 Å². The van der Waals surface area contributed by atoms with Crippen molar-refractivity contribution in [3.05, 3.63) is 59.7 Å². The van der Waals surface area contributed by atoms with Crippen LogP contribution < -0.4 is 9.47 Å². The number of hydrogen-bond acceptors (Lipinski definition) is 4. The predicted octanol–water partition coefficient (Wildman–Crippen LogP) is 3.02. The van der Waals surface area contributed by atoms with Gasteiger partial charge in [0.15, 0.2) is 11.5 Å². The average Bonchev–Trinajstić information content (AvgIpc) is 2.76. The first kappa shape index (κ1) is 20.2. The van der Waals surface area contributed by atoms with Crippen molar-refractivity contribution in [2.24, 2.45) is 0 Å². The van der Waals surface area contributed by atoms with E-state index in [-0.39, 0.29) is 5.91 Å². The second kappa shape index (κ2) is 10.1. The number of ether oxygens (including phenoxy) is 2. The Morgan fingerprint density at radius 1 is 0.857 bits per heavy atom. The highest BCUT2D eigenvalue weighted by Gasteiger charge is 2.20. The lowest BCUT2D eigenvalue weighted by molar-refractivity contribution is -0.132. The molecule has 2 aromatic carbocycles. The van der Waals surface area contributed by atoms with Crippen LogP contribution >= 0.6 is 0 Å². The van der Waals surface area contributed by atoms with Gasteiger partial charge in [-0.1, -0.05) is 36.4 Å². The molecule has 28 heavy (non-hydrogen) atoms. The molecule has 0 radical (unpaired) electrons. The van der Waals surface area contributed by atoms with Crippen molar-refractivity contribution < 1.29 is 14.3 Å². The van der Waals surface area contributed by atoms with Crippen molar-refractivity contribution in [1.29, 1.82) is 0 Å². The molecule has 1 heterocycles. The van der Waals surface area contributed by atoms with Gasteiger partial charge in [0.05, 0.1) is 14.2 Å². The molecule has 0 N–H and O–H groups in total. The predicted molar refractivity (Wildman–Crippen MR) is 111 cm³/mol. The Morgan fingerprint density at radius 2 is 1.57 bits per heavy atom. The van der Waals surface area contributed by atoms with Crippen LogP contribution in [0.25, 0.3) is 0 Å². The first-order chi connectivity index (χ1) is 13.7. The van der Waals surface area contributed by atoms with Gasteiger partial charge >= 0.3 is 0 Å². The van der Waals surface area contributed by atoms with Crippen LogP contribution in [0.4, 0.5) is 0 Å². The summed E-state index contributed by atoms with van der Waals surface area (Å²) in [5, 5.41) is 0. The third kappa shape index (κ3) is 5.49. The maximum atomic E-state index is 12.5. The Morgan fingerprint density at radius 3 is 2.25 bits per heavy atom. The zero-order chi connectivity index (χ0) is 19.8. The Labute approximate surface area is 167 Å². The maximum Gasteiger partial charge on any atom is 0.222 e. The fraction of sp³-hybridized carbons (Fsp3) is 0.435. The minimum atomic E-state index is 0.267. The fourth-order valence-corrected chi connectivity index (χ4v) is 3.60. The van der Waals surface area contributed by atoms with E-state index in [9.17, 15) is 4.79 Å². The lowest BCUT2D eigenvalue weighted by Crippen LogP contribution is -2.49. The molecular weight excluding hydrogens is 352 g/mol. The van der Waals surface area contributed by atoms with E-state index in [2.05, 4.69) is 23.1 Å². The molecule has 1 amide bonds. The number of amides is 1. The molecule has 1 saturated heterocycles. The van der Waals surface area contributed by atoms with E-state index in [0.717, 1.165) is 57.1 Å². The van der Waals surface area contributed by atoms with Gasteiger partial charge in [0.2, 0.25) is 5.91 Å². The molecule has 0 aromatic heterocycles. The number of aryl methyl sites for hydroxylation is 1. The number of methoxy groups -OCH3 is 2. The normalized spacial score (nSPS) is 14.7. The first-order valence-electron chi connectivity index (χ1n) is 9.94. The highest BCUT2D eigenvalue weighted by atomic mass is 16.5. The van der Waals surface area contributed by atoms with Crippen molar-refractivity contribution >= 4 is 5.91 Å². The molecule has 5 heteroatoms. The van der Waals surface area contributed by atoms with Crippen LogP contribution in [-0.2, 0) is 17.6 Å². The van der Waals surface area contributed by atoms with Crippen LogP contribution in [0.1, 0.15) is 17.5 Å². The van der Waals surface area contributed by atoms with Crippen LogP contribution in [0.15, 0.2) is 48.5 Å². The number of piperazine rings is 1. The summed E-state index contributed by atoms with van der Waals surface area (Å²) in [6.45, 7) is 4.50. The van der Waals surface area contributed by atoms with Crippen LogP contribution in [0.2, 0.25) is 0 Å².